The summed E-state index contributed by atoms with van der Waals surface area (Å²) in [5, 5.41) is 6.82. The van der Waals surface area contributed by atoms with Crippen molar-refractivity contribution in [2.75, 3.05) is 49.5 Å². The van der Waals surface area contributed by atoms with Crippen molar-refractivity contribution in [3.05, 3.63) is 72.4 Å². The Morgan fingerprint density at radius 3 is 2.43 bits per heavy atom. The van der Waals surface area contributed by atoms with E-state index in [1.165, 1.54) is 12.6 Å². The average molecular weight is 498 g/mol. The van der Waals surface area contributed by atoms with Crippen molar-refractivity contribution in [3.8, 4) is 11.4 Å². The van der Waals surface area contributed by atoms with Crippen LogP contribution in [0.2, 0.25) is 0 Å². The number of para-hydroxylation sites is 1. The van der Waals surface area contributed by atoms with Crippen molar-refractivity contribution in [1.82, 2.24) is 25.2 Å². The van der Waals surface area contributed by atoms with Gasteiger partial charge in [-0.1, -0.05) is 48.5 Å². The minimum Gasteiger partial charge on any atom is -0.370 e. The Bertz CT molecular complexity index is 1370. The number of nitrogens with one attached hydrogen (secondary N) is 3. The molecule has 1 fully saturated rings. The second-order valence-corrected chi connectivity index (χ2v) is 9.09. The Hall–Kier alpha value is -4.40. The summed E-state index contributed by atoms with van der Waals surface area (Å²) in [6.45, 7) is 5.48. The van der Waals surface area contributed by atoms with Gasteiger partial charge in [-0.15, -0.1) is 0 Å². The molecule has 1 aliphatic rings. The number of anilines is 2. The number of carbonyl (C=O) groups is 2. The number of H-pyrrole nitrogens is 1. The molecule has 0 spiro atoms. The molecule has 0 radical (unpaired) electrons. The summed E-state index contributed by atoms with van der Waals surface area (Å²) >= 11 is 0. The van der Waals surface area contributed by atoms with Gasteiger partial charge in [0.25, 0.3) is 5.91 Å². The first-order valence-corrected chi connectivity index (χ1v) is 12.6. The van der Waals surface area contributed by atoms with Crippen molar-refractivity contribution in [3.63, 3.8) is 0 Å². The Labute approximate surface area is 215 Å². The van der Waals surface area contributed by atoms with Crippen molar-refractivity contribution in [1.29, 1.82) is 0 Å². The molecule has 1 aliphatic heterocycles. The van der Waals surface area contributed by atoms with E-state index in [1.807, 2.05) is 59.5 Å². The van der Waals surface area contributed by atoms with E-state index in [0.717, 1.165) is 30.5 Å². The lowest BCUT2D eigenvalue weighted by atomic mass is 10.2. The van der Waals surface area contributed by atoms with E-state index >= 15 is 0 Å². The highest BCUT2D eigenvalue weighted by Crippen LogP contribution is 2.26. The SMILES string of the molecule is CC(=O)NCCNc1nc(-c2ccccc2)nc2[nH]c(C(=O)N3CCCN(c4ccccc4)CC3)cc12. The molecular weight excluding hydrogens is 466 g/mol. The van der Waals surface area contributed by atoms with Crippen LogP contribution in [0.4, 0.5) is 11.5 Å². The van der Waals surface area contributed by atoms with E-state index in [-0.39, 0.29) is 11.8 Å². The van der Waals surface area contributed by atoms with Crippen LogP contribution in [0.5, 0.6) is 0 Å². The molecule has 3 heterocycles. The highest BCUT2D eigenvalue weighted by Gasteiger charge is 2.23. The minimum atomic E-state index is -0.0857. The monoisotopic (exact) mass is 497 g/mol. The summed E-state index contributed by atoms with van der Waals surface area (Å²) in [5.74, 6) is 1.05. The van der Waals surface area contributed by atoms with Gasteiger partial charge in [0.05, 0.1) is 5.39 Å². The second-order valence-electron chi connectivity index (χ2n) is 9.09. The van der Waals surface area contributed by atoms with E-state index in [2.05, 4.69) is 32.7 Å². The molecule has 0 aliphatic carbocycles. The number of benzene rings is 2. The molecule has 4 aromatic rings. The highest BCUT2D eigenvalue weighted by molar-refractivity contribution is 6.00. The fourth-order valence-electron chi connectivity index (χ4n) is 4.58. The van der Waals surface area contributed by atoms with Gasteiger partial charge in [-0.2, -0.15) is 0 Å². The summed E-state index contributed by atoms with van der Waals surface area (Å²) in [6.07, 6.45) is 0.898. The number of hydrogen-bond acceptors (Lipinski definition) is 6. The van der Waals surface area contributed by atoms with Gasteiger partial charge in [-0.3, -0.25) is 9.59 Å². The molecule has 0 saturated carbocycles. The molecule has 0 atom stereocenters. The average Bonchev–Trinajstić information content (AvgIpc) is 3.21. The molecule has 0 bridgehead atoms. The second kappa shape index (κ2) is 11.1. The van der Waals surface area contributed by atoms with Crippen LogP contribution < -0.4 is 15.5 Å². The lowest BCUT2D eigenvalue weighted by Gasteiger charge is -2.23. The van der Waals surface area contributed by atoms with E-state index < -0.39 is 0 Å². The van der Waals surface area contributed by atoms with Gasteiger partial charge < -0.3 is 25.4 Å². The summed E-state index contributed by atoms with van der Waals surface area (Å²) in [6, 6.07) is 21.9. The van der Waals surface area contributed by atoms with Gasteiger partial charge >= 0.3 is 0 Å². The van der Waals surface area contributed by atoms with Crippen LogP contribution in [0.15, 0.2) is 66.7 Å². The predicted octanol–water partition coefficient (Wildman–Crippen LogP) is 3.53. The van der Waals surface area contributed by atoms with Crippen LogP contribution in [-0.4, -0.2) is 70.9 Å². The lowest BCUT2D eigenvalue weighted by molar-refractivity contribution is -0.118. The van der Waals surface area contributed by atoms with Gasteiger partial charge in [0.2, 0.25) is 5.91 Å². The Morgan fingerprint density at radius 1 is 0.919 bits per heavy atom. The molecule has 2 amide bonds. The first-order valence-electron chi connectivity index (χ1n) is 12.6. The molecule has 5 rings (SSSR count). The zero-order chi connectivity index (χ0) is 25.6. The number of nitrogens with zero attached hydrogens (tertiary/aromatic N) is 4. The first-order chi connectivity index (χ1) is 18.1. The molecule has 2 aromatic heterocycles. The van der Waals surface area contributed by atoms with Crippen molar-refractivity contribution < 1.29 is 9.59 Å². The standard InChI is InChI=1S/C28H31N7O2/c1-20(36)29-13-14-30-26-23-19-24(31-27(23)33-25(32-26)21-9-4-2-5-10-21)28(37)35-16-8-15-34(17-18-35)22-11-6-3-7-12-22/h2-7,9-12,19H,8,13-18H2,1H3,(H,29,36)(H2,30,31,32,33). The van der Waals surface area contributed by atoms with E-state index in [1.54, 1.807) is 0 Å². The molecule has 190 valence electrons. The number of amides is 2. The molecule has 3 N–H and O–H groups in total. The van der Waals surface area contributed by atoms with E-state index in [9.17, 15) is 9.59 Å². The first kappa shape index (κ1) is 24.3. The van der Waals surface area contributed by atoms with Crippen molar-refractivity contribution in [2.45, 2.75) is 13.3 Å². The van der Waals surface area contributed by atoms with Crippen molar-refractivity contribution >= 4 is 34.4 Å². The molecule has 9 nitrogen and oxygen atoms in total. The normalized spacial score (nSPS) is 13.9. The smallest absolute Gasteiger partial charge is 0.270 e. The van der Waals surface area contributed by atoms with Crippen LogP contribution in [0, 0.1) is 0 Å². The Kier molecular flexibility index (Phi) is 7.30. The molecule has 37 heavy (non-hydrogen) atoms. The summed E-state index contributed by atoms with van der Waals surface area (Å²) < 4.78 is 0. The highest BCUT2D eigenvalue weighted by atomic mass is 16.2. The lowest BCUT2D eigenvalue weighted by Crippen LogP contribution is -2.35. The van der Waals surface area contributed by atoms with Gasteiger partial charge in [0.1, 0.15) is 17.2 Å². The molecule has 9 heteroatoms. The van der Waals surface area contributed by atoms with Crippen LogP contribution in [-0.2, 0) is 4.79 Å². The number of hydrogen-bond donors (Lipinski definition) is 3. The van der Waals surface area contributed by atoms with Crippen LogP contribution in [0.1, 0.15) is 23.8 Å². The van der Waals surface area contributed by atoms with Gasteiger partial charge in [-0.05, 0) is 24.6 Å². The molecule has 1 saturated heterocycles. The van der Waals surface area contributed by atoms with Gasteiger partial charge in [0, 0.05) is 57.4 Å². The Morgan fingerprint density at radius 2 is 1.68 bits per heavy atom. The van der Waals surface area contributed by atoms with E-state index in [4.69, 9.17) is 9.97 Å². The Balaban J connectivity index is 1.39. The number of rotatable bonds is 7. The molecule has 0 unspecified atom stereocenters. The predicted molar refractivity (Wildman–Crippen MR) is 146 cm³/mol. The maximum absolute atomic E-state index is 13.5. The van der Waals surface area contributed by atoms with Gasteiger partial charge in [-0.25, -0.2) is 9.97 Å². The number of aromatic amines is 1. The van der Waals surface area contributed by atoms with Crippen LogP contribution >= 0.6 is 0 Å². The number of fused-ring (bicyclic) bond motifs is 1. The third-order valence-electron chi connectivity index (χ3n) is 6.45. The number of carbonyl (C=O) groups excluding carboxylic acids is 2. The minimum absolute atomic E-state index is 0.0432. The molecular formula is C28H31N7O2. The maximum Gasteiger partial charge on any atom is 0.270 e. The van der Waals surface area contributed by atoms with Crippen LogP contribution in [0.25, 0.3) is 22.4 Å². The summed E-state index contributed by atoms with van der Waals surface area (Å²) in [5.41, 5.74) is 3.15. The largest absolute Gasteiger partial charge is 0.370 e. The zero-order valence-corrected chi connectivity index (χ0v) is 20.9. The topological polar surface area (TPSA) is 106 Å². The zero-order valence-electron chi connectivity index (χ0n) is 20.9. The quantitative estimate of drug-likeness (QED) is 0.337. The molecule has 2 aromatic carbocycles. The van der Waals surface area contributed by atoms with Gasteiger partial charge in [0.15, 0.2) is 5.82 Å². The summed E-state index contributed by atoms with van der Waals surface area (Å²) in [7, 11) is 0. The third kappa shape index (κ3) is 5.72. The maximum atomic E-state index is 13.5. The van der Waals surface area contributed by atoms with Crippen molar-refractivity contribution in [2.24, 2.45) is 0 Å². The van der Waals surface area contributed by atoms with Crippen LogP contribution in [0.3, 0.4) is 0 Å². The fraction of sp³-hybridized carbons (Fsp3) is 0.286. The van der Waals surface area contributed by atoms with E-state index in [0.29, 0.717) is 49.2 Å². The third-order valence-corrected chi connectivity index (χ3v) is 6.45. The fourth-order valence-corrected chi connectivity index (χ4v) is 4.58. The summed E-state index contributed by atoms with van der Waals surface area (Å²) in [4.78, 5) is 41.7. The number of aromatic nitrogens is 3.